The smallest absolute Gasteiger partial charge is 0.338 e. The van der Waals surface area contributed by atoms with Crippen LogP contribution in [0.15, 0.2) is 302 Å². The number of carbonyl (C=O) groups is 5. The number of thioether (sulfide) groups is 1. The van der Waals surface area contributed by atoms with Gasteiger partial charge in [0.15, 0.2) is 30.9 Å². The summed E-state index contributed by atoms with van der Waals surface area (Å²) in [6.45, 7) is 1.57. The fourth-order valence-corrected chi connectivity index (χ4v) is 14.9. The quantitative estimate of drug-likeness (QED) is 0.0233. The molecule has 10 aromatic rings. The maximum atomic E-state index is 15.8. The van der Waals surface area contributed by atoms with Crippen LogP contribution in [0.3, 0.4) is 0 Å². The SMILES string of the molecule is C[C@@H]1O[C@@H](O[C@H]2[C@H](O[C@@H]3O[C@H](COCc4ccccc4)[C@H](OC(=O)c4ccccc4)[C@H](OC(=O)c4ccccc4)[C@H]3OC(=O)c3ccccc3)[C@@H](COCc3ccccc3)O[C@@H](Sc3ccccc3)[C@@H]2N2C(=O)c3ccccc3C2=O)[C@@H](OCc2ccccc2)[C@H](OCc2ccccc2)[C@@H]1OCc1ccccc1. The van der Waals surface area contributed by atoms with Crippen molar-refractivity contribution in [1.82, 2.24) is 4.90 Å². The molecule has 0 spiro atoms. The average Bonchev–Trinajstić information content (AvgIpc) is 1.48. The van der Waals surface area contributed by atoms with E-state index in [1.54, 1.807) is 115 Å². The van der Waals surface area contributed by atoms with Crippen molar-refractivity contribution in [2.24, 2.45) is 0 Å². The number of benzene rings is 10. The van der Waals surface area contributed by atoms with Crippen LogP contribution < -0.4 is 0 Å². The number of imide groups is 1. The Kier molecular flexibility index (Phi) is 25.2. The van der Waals surface area contributed by atoms with E-state index in [-0.39, 0.29) is 74.1 Å². The highest BCUT2D eigenvalue weighted by atomic mass is 32.2. The minimum atomic E-state index is -1.91. The molecule has 4 aliphatic rings. The zero-order valence-corrected chi connectivity index (χ0v) is 59.9. The van der Waals surface area contributed by atoms with Crippen LogP contribution in [0.4, 0.5) is 0 Å². The van der Waals surface area contributed by atoms with E-state index in [0.717, 1.165) is 32.7 Å². The normalized spacial score (nSPS) is 24.6. The van der Waals surface area contributed by atoms with Crippen LogP contribution in [0, 0.1) is 0 Å². The number of ether oxygens (including phenoxy) is 13. The average molecular weight is 1470 g/mol. The molecule has 108 heavy (non-hydrogen) atoms. The second kappa shape index (κ2) is 36.5. The molecule has 0 unspecified atom stereocenters. The van der Waals surface area contributed by atoms with Crippen LogP contribution in [-0.2, 0) is 94.6 Å². The summed E-state index contributed by atoms with van der Waals surface area (Å²) in [5.74, 6) is -3.99. The lowest BCUT2D eigenvalue weighted by molar-refractivity contribution is -0.367. The minimum Gasteiger partial charge on any atom is -0.452 e. The Bertz CT molecular complexity index is 4490. The molecule has 0 aliphatic carbocycles. The Hall–Kier alpha value is -10.3. The number of hydrogen-bond acceptors (Lipinski definition) is 19. The van der Waals surface area contributed by atoms with Gasteiger partial charge in [-0.15, -0.1) is 0 Å². The molecule has 0 aromatic heterocycles. The summed E-state index contributed by atoms with van der Waals surface area (Å²) in [6, 6.07) is 86.8. The van der Waals surface area contributed by atoms with Gasteiger partial charge in [-0.05, 0) is 95.4 Å². The molecule has 0 radical (unpaired) electrons. The zero-order valence-electron chi connectivity index (χ0n) is 59.1. The maximum absolute atomic E-state index is 15.8. The van der Waals surface area contributed by atoms with Crippen molar-refractivity contribution in [2.45, 2.75) is 136 Å². The van der Waals surface area contributed by atoms with Crippen molar-refractivity contribution in [3.05, 3.63) is 353 Å². The summed E-state index contributed by atoms with van der Waals surface area (Å²) < 4.78 is 92.3. The highest BCUT2D eigenvalue weighted by Crippen LogP contribution is 2.45. The molecule has 10 aromatic carbocycles. The van der Waals surface area contributed by atoms with Crippen LogP contribution in [0.5, 0.6) is 0 Å². The zero-order chi connectivity index (χ0) is 74.0. The topological polar surface area (TPSA) is 209 Å². The lowest BCUT2D eigenvalue weighted by Gasteiger charge is -2.53. The first-order chi connectivity index (χ1) is 53.1. The van der Waals surface area contributed by atoms with E-state index in [2.05, 4.69) is 0 Å². The van der Waals surface area contributed by atoms with Crippen molar-refractivity contribution in [3.63, 3.8) is 0 Å². The monoisotopic (exact) mass is 1470 g/mol. The first-order valence-corrected chi connectivity index (χ1v) is 36.9. The molecule has 2 amide bonds. The molecule has 3 saturated heterocycles. The molecular weight excluding hydrogens is 1390 g/mol. The summed E-state index contributed by atoms with van der Waals surface area (Å²) in [6.07, 6.45) is -18.6. The summed E-state index contributed by atoms with van der Waals surface area (Å²) in [5, 5.41) is 0. The van der Waals surface area contributed by atoms with Crippen molar-refractivity contribution >= 4 is 41.5 Å². The van der Waals surface area contributed by atoms with Crippen molar-refractivity contribution in [3.8, 4) is 0 Å². The second-order valence-electron chi connectivity index (χ2n) is 26.4. The first-order valence-electron chi connectivity index (χ1n) is 36.0. The molecule has 4 heterocycles. The fraction of sp³-hybridized carbons (Fsp3) is 0.261. The van der Waals surface area contributed by atoms with Gasteiger partial charge in [-0.2, -0.15) is 0 Å². The Morgan fingerprint density at radius 3 is 1.13 bits per heavy atom. The van der Waals surface area contributed by atoms with E-state index in [1.807, 2.05) is 189 Å². The fourth-order valence-electron chi connectivity index (χ4n) is 13.7. The molecule has 15 atom stereocenters. The number of esters is 3. The third kappa shape index (κ3) is 18.4. The molecular formula is C88H81NO18S. The maximum Gasteiger partial charge on any atom is 0.338 e. The highest BCUT2D eigenvalue weighted by Gasteiger charge is 2.61. The van der Waals surface area contributed by atoms with Crippen molar-refractivity contribution in [1.29, 1.82) is 0 Å². The van der Waals surface area contributed by atoms with Crippen molar-refractivity contribution in [2.75, 3.05) is 13.2 Å². The standard InChI is InChI=1S/C88H81NO18S/c1-58-73(97-53-61-35-15-4-16-36-61)77(98-54-62-37-17-5-18-38-62)79(99-55-63-39-19-6-20-40-63)86(100-58)107-76-72(89-81(90)68-49-29-30-50-69(68)82(89)91)88(108-67-47-27-10-28-48-67)102-71(57-96-52-60-33-13-3-14-34-60)74(76)106-87-80(105-85(94)66-45-25-9-26-46-66)78(104-84(93)65-43-23-8-24-44-65)75(103-83(92)64-41-21-7-22-42-64)70(101-87)56-95-51-59-31-11-2-12-32-59/h2-50,58,70-80,86-88H,51-57H2,1H3/t58-,70+,71+,72+,73+,74+,75-,76+,77+,78-,79-,80+,86-,87-,88-/m0/s1. The number of carbonyl (C=O) groups excluding carboxylic acids is 5. The first kappa shape index (κ1) is 74.6. The Morgan fingerprint density at radius 1 is 0.343 bits per heavy atom. The van der Waals surface area contributed by atoms with E-state index in [4.69, 9.17) is 61.6 Å². The Labute approximate surface area is 630 Å². The molecule has 20 heteroatoms. The van der Waals surface area contributed by atoms with E-state index in [9.17, 15) is 4.79 Å². The second-order valence-corrected chi connectivity index (χ2v) is 27.6. The number of amides is 2. The minimum absolute atomic E-state index is 0.00883. The van der Waals surface area contributed by atoms with Gasteiger partial charge in [0.25, 0.3) is 11.8 Å². The third-order valence-electron chi connectivity index (χ3n) is 19.0. The van der Waals surface area contributed by atoms with E-state index in [1.165, 1.54) is 11.8 Å². The van der Waals surface area contributed by atoms with Crippen LogP contribution in [-0.4, -0.2) is 139 Å². The lowest BCUT2D eigenvalue weighted by atomic mass is 9.93. The summed E-state index contributed by atoms with van der Waals surface area (Å²) in [5.41, 5.74) is 3.47. The molecule has 14 rings (SSSR count). The molecule has 19 nitrogen and oxygen atoms in total. The van der Waals surface area contributed by atoms with Crippen LogP contribution >= 0.6 is 11.8 Å². The summed E-state index contributed by atoms with van der Waals surface area (Å²) in [7, 11) is 0. The molecule has 0 N–H and O–H groups in total. The van der Waals surface area contributed by atoms with Crippen LogP contribution in [0.1, 0.15) is 86.5 Å². The van der Waals surface area contributed by atoms with E-state index >= 15 is 19.2 Å². The third-order valence-corrected chi connectivity index (χ3v) is 20.2. The van der Waals surface area contributed by atoms with Gasteiger partial charge in [0.2, 0.25) is 0 Å². The van der Waals surface area contributed by atoms with E-state index < -0.39 is 121 Å². The van der Waals surface area contributed by atoms with Gasteiger partial charge in [-0.1, -0.05) is 248 Å². The number of hydrogen-bond donors (Lipinski definition) is 0. The van der Waals surface area contributed by atoms with Gasteiger partial charge < -0.3 is 61.6 Å². The van der Waals surface area contributed by atoms with E-state index in [0.29, 0.717) is 4.90 Å². The summed E-state index contributed by atoms with van der Waals surface area (Å²) in [4.78, 5) is 78.6. The molecule has 0 saturated carbocycles. The molecule has 4 aliphatic heterocycles. The Balaban J connectivity index is 0.955. The van der Waals surface area contributed by atoms with Gasteiger partial charge in [-0.25, -0.2) is 14.4 Å². The number of rotatable bonds is 30. The predicted molar refractivity (Wildman–Crippen MR) is 399 cm³/mol. The molecule has 552 valence electrons. The predicted octanol–water partition coefficient (Wildman–Crippen LogP) is 14.3. The van der Waals surface area contributed by atoms with Gasteiger partial charge in [0.05, 0.1) is 80.2 Å². The number of nitrogens with zero attached hydrogens (tertiary/aromatic N) is 1. The largest absolute Gasteiger partial charge is 0.452 e. The number of fused-ring (bicyclic) bond motifs is 1. The van der Waals surface area contributed by atoms with Crippen LogP contribution in [0.25, 0.3) is 0 Å². The van der Waals surface area contributed by atoms with Crippen molar-refractivity contribution < 1.29 is 85.6 Å². The highest BCUT2D eigenvalue weighted by molar-refractivity contribution is 7.99. The summed E-state index contributed by atoms with van der Waals surface area (Å²) >= 11 is 1.23. The van der Waals surface area contributed by atoms with Gasteiger partial charge in [-0.3, -0.25) is 14.5 Å². The molecule has 0 bridgehead atoms. The van der Waals surface area contributed by atoms with Crippen LogP contribution in [0.2, 0.25) is 0 Å². The van der Waals surface area contributed by atoms with Gasteiger partial charge in [0.1, 0.15) is 54.2 Å². The van der Waals surface area contributed by atoms with Gasteiger partial charge >= 0.3 is 17.9 Å². The van der Waals surface area contributed by atoms with Gasteiger partial charge in [0, 0.05) is 4.90 Å². The Morgan fingerprint density at radius 2 is 0.685 bits per heavy atom. The molecule has 3 fully saturated rings. The lowest BCUT2D eigenvalue weighted by Crippen LogP contribution is -2.70.